The molecule has 0 spiro atoms. The molecule has 0 unspecified atom stereocenters. The number of carboxylic acid groups (broad SMARTS) is 1. The molecule has 4 nitrogen and oxygen atoms in total. The minimum atomic E-state index is -1.72. The van der Waals surface area contributed by atoms with Crippen LogP contribution >= 0.6 is 0 Å². The molecule has 0 aliphatic heterocycles. The minimum absolute atomic E-state index is 0.190. The number of aliphatic carboxylic acids is 1. The van der Waals surface area contributed by atoms with Gasteiger partial charge in [-0.15, -0.1) is 0 Å². The van der Waals surface area contributed by atoms with Crippen molar-refractivity contribution in [2.75, 3.05) is 0 Å². The average molecular weight is 117 g/mol. The maximum absolute atomic E-state index is 9.90. The summed E-state index contributed by atoms with van der Waals surface area (Å²) in [6, 6.07) is 0. The summed E-state index contributed by atoms with van der Waals surface area (Å²) in [5.74, 6) is -1.31. The van der Waals surface area contributed by atoms with Gasteiger partial charge in [0.25, 0.3) is 0 Å². The van der Waals surface area contributed by atoms with Crippen molar-refractivity contribution in [3.8, 4) is 0 Å². The van der Waals surface area contributed by atoms with Crippen molar-refractivity contribution in [1.82, 2.24) is 0 Å². The van der Waals surface area contributed by atoms with Crippen molar-refractivity contribution >= 4 is 12.3 Å². The Labute approximate surface area is 46.3 Å². The molecule has 8 heavy (non-hydrogen) atoms. The number of aldehydes is 1. The fourth-order valence-electron chi connectivity index (χ4n) is 0.0504. The van der Waals surface area contributed by atoms with Crippen LogP contribution in [0.15, 0.2) is 0 Å². The number of carbonyl (C=O) groups is 2. The predicted molar refractivity (Wildman–Crippen MR) is 26.3 cm³/mol. The molecule has 0 rings (SSSR count). The standard InChI is InChI=1S/C4H7NO3/c1-4(5,2-6)3(7)8/h2H,5H2,1H3,(H,7,8)/t4-/m0/s1. The third kappa shape index (κ3) is 1.31. The second kappa shape index (κ2) is 1.92. The van der Waals surface area contributed by atoms with E-state index in [-0.39, 0.29) is 6.29 Å². The lowest BCUT2D eigenvalue weighted by Gasteiger charge is -2.07. The molecule has 0 aliphatic carbocycles. The molecule has 0 aromatic carbocycles. The molecule has 0 aliphatic rings. The van der Waals surface area contributed by atoms with Crippen LogP contribution < -0.4 is 5.73 Å². The molecule has 0 saturated heterocycles. The van der Waals surface area contributed by atoms with Crippen LogP contribution in [0.3, 0.4) is 0 Å². The third-order valence-electron chi connectivity index (χ3n) is 0.706. The molecular formula is C4H7NO3. The first-order chi connectivity index (χ1) is 3.50. The van der Waals surface area contributed by atoms with Crippen LogP contribution in [0.1, 0.15) is 6.92 Å². The Morgan fingerprint density at radius 1 is 1.88 bits per heavy atom. The second-order valence-corrected chi connectivity index (χ2v) is 1.71. The van der Waals surface area contributed by atoms with E-state index in [1.165, 1.54) is 0 Å². The first kappa shape index (κ1) is 7.10. The zero-order chi connectivity index (χ0) is 6.78. The molecule has 0 aromatic heterocycles. The summed E-state index contributed by atoms with van der Waals surface area (Å²) in [6.45, 7) is 1.13. The lowest BCUT2D eigenvalue weighted by atomic mass is 10.1. The summed E-state index contributed by atoms with van der Waals surface area (Å²) >= 11 is 0. The van der Waals surface area contributed by atoms with Crippen LogP contribution in [0.4, 0.5) is 0 Å². The van der Waals surface area contributed by atoms with E-state index >= 15 is 0 Å². The molecule has 0 heterocycles. The fraction of sp³-hybridized carbons (Fsp3) is 0.500. The number of nitrogens with two attached hydrogens (primary N) is 1. The monoisotopic (exact) mass is 117 g/mol. The Hall–Kier alpha value is -0.900. The summed E-state index contributed by atoms with van der Waals surface area (Å²) in [5.41, 5.74) is 3.17. The van der Waals surface area contributed by atoms with Gasteiger partial charge in [0, 0.05) is 0 Å². The Morgan fingerprint density at radius 2 is 2.25 bits per heavy atom. The zero-order valence-corrected chi connectivity index (χ0v) is 4.42. The molecule has 0 aromatic rings. The van der Waals surface area contributed by atoms with Gasteiger partial charge in [-0.3, -0.25) is 0 Å². The number of carbonyl (C=O) groups excluding carboxylic acids is 1. The van der Waals surface area contributed by atoms with E-state index in [4.69, 9.17) is 10.8 Å². The van der Waals surface area contributed by atoms with E-state index in [0.29, 0.717) is 0 Å². The van der Waals surface area contributed by atoms with Gasteiger partial charge in [0.1, 0.15) is 0 Å². The smallest absolute Gasteiger partial charge is 0.330 e. The quantitative estimate of drug-likeness (QED) is 0.358. The molecule has 0 fully saturated rings. The first-order valence-electron chi connectivity index (χ1n) is 1.99. The van der Waals surface area contributed by atoms with Gasteiger partial charge < -0.3 is 15.6 Å². The Morgan fingerprint density at radius 3 is 2.25 bits per heavy atom. The molecule has 3 N–H and O–H groups in total. The van der Waals surface area contributed by atoms with Crippen LogP contribution in [-0.2, 0) is 9.59 Å². The maximum Gasteiger partial charge on any atom is 0.330 e. The van der Waals surface area contributed by atoms with Crippen molar-refractivity contribution in [3.63, 3.8) is 0 Å². The highest BCUT2D eigenvalue weighted by molar-refractivity contribution is 5.95. The summed E-state index contributed by atoms with van der Waals surface area (Å²) < 4.78 is 0. The van der Waals surface area contributed by atoms with Crippen LogP contribution in [0.25, 0.3) is 0 Å². The highest BCUT2D eigenvalue weighted by Gasteiger charge is 2.26. The van der Waals surface area contributed by atoms with E-state index in [1.807, 2.05) is 0 Å². The number of carboxylic acids is 1. The topological polar surface area (TPSA) is 80.4 Å². The van der Waals surface area contributed by atoms with Crippen molar-refractivity contribution < 1.29 is 14.7 Å². The third-order valence-corrected chi connectivity index (χ3v) is 0.706. The van der Waals surface area contributed by atoms with Gasteiger partial charge in [0.05, 0.1) is 0 Å². The number of hydrogen-bond acceptors (Lipinski definition) is 3. The minimum Gasteiger partial charge on any atom is -0.480 e. The van der Waals surface area contributed by atoms with Gasteiger partial charge in [-0.1, -0.05) is 0 Å². The molecule has 0 radical (unpaired) electrons. The predicted octanol–water partition coefficient (Wildman–Crippen LogP) is -1.01. The van der Waals surface area contributed by atoms with Crippen molar-refractivity contribution in [1.29, 1.82) is 0 Å². The largest absolute Gasteiger partial charge is 0.480 e. The van der Waals surface area contributed by atoms with Gasteiger partial charge in [-0.05, 0) is 6.92 Å². The molecule has 1 atom stereocenters. The Balaban J connectivity index is 4.12. The van der Waals surface area contributed by atoms with Crippen LogP contribution in [0, 0.1) is 0 Å². The zero-order valence-electron chi connectivity index (χ0n) is 4.42. The van der Waals surface area contributed by atoms with Crippen LogP contribution in [-0.4, -0.2) is 22.9 Å². The summed E-state index contributed by atoms with van der Waals surface area (Å²) in [6.07, 6.45) is 0.190. The molecule has 0 saturated carbocycles. The normalized spacial score (nSPS) is 16.8. The van der Waals surface area contributed by atoms with Crippen molar-refractivity contribution in [2.45, 2.75) is 12.5 Å². The van der Waals surface area contributed by atoms with Gasteiger partial charge in [0.2, 0.25) is 0 Å². The Bertz CT molecular complexity index is 118. The van der Waals surface area contributed by atoms with Crippen LogP contribution in [0.2, 0.25) is 0 Å². The van der Waals surface area contributed by atoms with E-state index in [0.717, 1.165) is 6.92 Å². The highest BCUT2D eigenvalue weighted by Crippen LogP contribution is 1.90. The first-order valence-corrected chi connectivity index (χ1v) is 1.99. The highest BCUT2D eigenvalue weighted by atomic mass is 16.4. The van der Waals surface area contributed by atoms with Gasteiger partial charge >= 0.3 is 5.97 Å². The van der Waals surface area contributed by atoms with Crippen molar-refractivity contribution in [2.24, 2.45) is 5.73 Å². The number of hydrogen-bond donors (Lipinski definition) is 2. The van der Waals surface area contributed by atoms with E-state index in [1.54, 1.807) is 0 Å². The molecule has 4 heteroatoms. The van der Waals surface area contributed by atoms with Crippen LogP contribution in [0.5, 0.6) is 0 Å². The lowest BCUT2D eigenvalue weighted by molar-refractivity contribution is -0.144. The molecule has 46 valence electrons. The van der Waals surface area contributed by atoms with Crippen molar-refractivity contribution in [3.05, 3.63) is 0 Å². The van der Waals surface area contributed by atoms with Gasteiger partial charge in [-0.25, -0.2) is 4.79 Å². The van der Waals surface area contributed by atoms with E-state index < -0.39 is 11.5 Å². The summed E-state index contributed by atoms with van der Waals surface area (Å²) in [4.78, 5) is 19.7. The molecule has 0 amide bonds. The van der Waals surface area contributed by atoms with E-state index in [2.05, 4.69) is 0 Å². The number of rotatable bonds is 2. The van der Waals surface area contributed by atoms with Gasteiger partial charge in [0.15, 0.2) is 11.8 Å². The average Bonchev–Trinajstić information content (AvgIpc) is 1.67. The Kier molecular flexibility index (Phi) is 1.70. The summed E-state index contributed by atoms with van der Waals surface area (Å²) in [7, 11) is 0. The lowest BCUT2D eigenvalue weighted by Crippen LogP contribution is -2.46. The van der Waals surface area contributed by atoms with Gasteiger partial charge in [-0.2, -0.15) is 0 Å². The second-order valence-electron chi connectivity index (χ2n) is 1.71. The SMILES string of the molecule is C[C@](N)(C=O)C(=O)O. The molecule has 0 bridgehead atoms. The van der Waals surface area contributed by atoms with E-state index in [9.17, 15) is 9.59 Å². The fourth-order valence-corrected chi connectivity index (χ4v) is 0.0504. The summed E-state index contributed by atoms with van der Waals surface area (Å²) in [5, 5.41) is 8.08. The molecular weight excluding hydrogens is 110 g/mol. The maximum atomic E-state index is 9.90.